The van der Waals surface area contributed by atoms with Crippen LogP contribution < -0.4 is 0 Å². The summed E-state index contributed by atoms with van der Waals surface area (Å²) in [5.74, 6) is -0.316. The molecule has 3 nitrogen and oxygen atoms in total. The van der Waals surface area contributed by atoms with Gasteiger partial charge in [-0.1, -0.05) is 43.0 Å². The molecule has 0 aliphatic carbocycles. The number of carbonyl (C=O) groups is 1. The lowest BCUT2D eigenvalue weighted by atomic mass is 10.0. The van der Waals surface area contributed by atoms with Crippen molar-refractivity contribution in [2.75, 3.05) is 13.2 Å². The second-order valence-corrected chi connectivity index (χ2v) is 4.16. The third-order valence-corrected chi connectivity index (χ3v) is 2.80. The molecule has 0 N–H and O–H groups in total. The van der Waals surface area contributed by atoms with Crippen molar-refractivity contribution in [2.24, 2.45) is 0 Å². The summed E-state index contributed by atoms with van der Waals surface area (Å²) in [5.41, 5.74) is 2.33. The molecule has 1 aliphatic heterocycles. The number of esters is 1. The smallest absolute Gasteiger partial charge is 0.334 e. The monoisotopic (exact) mass is 244 g/mol. The Kier molecular flexibility index (Phi) is 3.95. The van der Waals surface area contributed by atoms with Crippen LogP contribution in [0.5, 0.6) is 0 Å². The average Bonchev–Trinajstić information content (AvgIpc) is 3.22. The van der Waals surface area contributed by atoms with Crippen LogP contribution in [0.1, 0.15) is 12.5 Å². The Morgan fingerprint density at radius 1 is 1.50 bits per heavy atom. The molecule has 1 atom stereocenters. The molecule has 1 aromatic carbocycles. The maximum atomic E-state index is 11.9. The molecule has 0 aromatic heterocycles. The third kappa shape index (κ3) is 3.08. The lowest BCUT2D eigenvalue weighted by molar-refractivity contribution is -0.139. The molecular weight excluding hydrogens is 228 g/mol. The van der Waals surface area contributed by atoms with Crippen molar-refractivity contribution in [3.05, 3.63) is 54.1 Å². The van der Waals surface area contributed by atoms with Crippen LogP contribution in [-0.2, 0) is 14.3 Å². The molecule has 0 saturated carbocycles. The maximum Gasteiger partial charge on any atom is 0.334 e. The SMILES string of the molecule is C=CC(=C(C)C(=O)OCC1CO1)c1ccccc1. The molecule has 0 bridgehead atoms. The first kappa shape index (κ1) is 12.6. The van der Waals surface area contributed by atoms with Gasteiger partial charge in [-0.25, -0.2) is 4.79 Å². The largest absolute Gasteiger partial charge is 0.459 e. The second kappa shape index (κ2) is 5.65. The van der Waals surface area contributed by atoms with E-state index in [1.807, 2.05) is 30.3 Å². The van der Waals surface area contributed by atoms with Gasteiger partial charge in [-0.3, -0.25) is 0 Å². The topological polar surface area (TPSA) is 38.8 Å². The van der Waals surface area contributed by atoms with Crippen molar-refractivity contribution in [1.82, 2.24) is 0 Å². The first-order valence-corrected chi connectivity index (χ1v) is 5.90. The Hall–Kier alpha value is -1.87. The van der Waals surface area contributed by atoms with E-state index in [0.717, 1.165) is 11.1 Å². The van der Waals surface area contributed by atoms with Gasteiger partial charge < -0.3 is 9.47 Å². The predicted octanol–water partition coefficient (Wildman–Crippen LogP) is 2.59. The molecule has 3 heteroatoms. The van der Waals surface area contributed by atoms with E-state index in [4.69, 9.17) is 9.47 Å². The van der Waals surface area contributed by atoms with Crippen LogP contribution >= 0.6 is 0 Å². The minimum absolute atomic E-state index is 0.0886. The van der Waals surface area contributed by atoms with Gasteiger partial charge in [0.25, 0.3) is 0 Å². The quantitative estimate of drug-likeness (QED) is 0.346. The lowest BCUT2D eigenvalue weighted by Crippen LogP contribution is -2.11. The summed E-state index contributed by atoms with van der Waals surface area (Å²) in [7, 11) is 0. The molecule has 0 radical (unpaired) electrons. The summed E-state index contributed by atoms with van der Waals surface area (Å²) in [6, 6.07) is 9.67. The third-order valence-electron chi connectivity index (χ3n) is 2.80. The molecule has 94 valence electrons. The van der Waals surface area contributed by atoms with Gasteiger partial charge in [-0.15, -0.1) is 0 Å². The van der Waals surface area contributed by atoms with E-state index in [2.05, 4.69) is 6.58 Å². The summed E-state index contributed by atoms with van der Waals surface area (Å²) >= 11 is 0. The molecule has 1 fully saturated rings. The molecule has 0 amide bonds. The van der Waals surface area contributed by atoms with Crippen LogP contribution in [0.3, 0.4) is 0 Å². The predicted molar refractivity (Wildman–Crippen MR) is 69.9 cm³/mol. The summed E-state index contributed by atoms with van der Waals surface area (Å²) in [6.45, 7) is 6.52. The van der Waals surface area contributed by atoms with E-state index >= 15 is 0 Å². The summed E-state index contributed by atoms with van der Waals surface area (Å²) in [6.07, 6.45) is 1.77. The zero-order chi connectivity index (χ0) is 13.0. The summed E-state index contributed by atoms with van der Waals surface area (Å²) in [5, 5.41) is 0. The molecule has 1 unspecified atom stereocenters. The van der Waals surface area contributed by atoms with Crippen molar-refractivity contribution in [2.45, 2.75) is 13.0 Å². The molecular formula is C15H16O3. The van der Waals surface area contributed by atoms with Crippen LogP contribution in [0.4, 0.5) is 0 Å². The molecule has 1 aliphatic rings. The van der Waals surface area contributed by atoms with Crippen molar-refractivity contribution >= 4 is 11.5 Å². The average molecular weight is 244 g/mol. The van der Waals surface area contributed by atoms with Crippen molar-refractivity contribution in [3.8, 4) is 0 Å². The van der Waals surface area contributed by atoms with E-state index in [1.165, 1.54) is 0 Å². The van der Waals surface area contributed by atoms with Crippen molar-refractivity contribution in [1.29, 1.82) is 0 Å². The second-order valence-electron chi connectivity index (χ2n) is 4.16. The van der Waals surface area contributed by atoms with Gasteiger partial charge in [0.05, 0.1) is 6.61 Å². The van der Waals surface area contributed by atoms with Gasteiger partial charge in [0.1, 0.15) is 12.7 Å². The zero-order valence-corrected chi connectivity index (χ0v) is 10.4. The van der Waals surface area contributed by atoms with Crippen LogP contribution in [0.15, 0.2) is 48.6 Å². The van der Waals surface area contributed by atoms with E-state index in [0.29, 0.717) is 18.8 Å². The van der Waals surface area contributed by atoms with Crippen molar-refractivity contribution in [3.63, 3.8) is 0 Å². The lowest BCUT2D eigenvalue weighted by Gasteiger charge is -2.08. The van der Waals surface area contributed by atoms with Crippen LogP contribution in [0.25, 0.3) is 5.57 Å². The number of rotatable bonds is 5. The number of epoxide rings is 1. The van der Waals surface area contributed by atoms with Gasteiger partial charge in [0, 0.05) is 5.57 Å². The maximum absolute atomic E-state index is 11.9. The van der Waals surface area contributed by atoms with Gasteiger partial charge in [-0.2, -0.15) is 0 Å². The van der Waals surface area contributed by atoms with Gasteiger partial charge in [0.2, 0.25) is 0 Å². The number of hydrogen-bond acceptors (Lipinski definition) is 3. The molecule has 1 saturated heterocycles. The summed E-state index contributed by atoms with van der Waals surface area (Å²) < 4.78 is 10.2. The van der Waals surface area contributed by atoms with Crippen LogP contribution in [0, 0.1) is 0 Å². The highest BCUT2D eigenvalue weighted by atomic mass is 16.6. The fraction of sp³-hybridized carbons (Fsp3) is 0.267. The van der Waals surface area contributed by atoms with Gasteiger partial charge in [0.15, 0.2) is 0 Å². The number of carbonyl (C=O) groups excluding carboxylic acids is 1. The minimum atomic E-state index is -0.316. The Bertz CT molecular complexity index is 470. The fourth-order valence-electron chi connectivity index (χ4n) is 1.66. The Balaban J connectivity index is 2.14. The van der Waals surface area contributed by atoms with Crippen LogP contribution in [0.2, 0.25) is 0 Å². The number of benzene rings is 1. The fourth-order valence-corrected chi connectivity index (χ4v) is 1.66. The number of allylic oxidation sites excluding steroid dienone is 2. The number of ether oxygens (including phenoxy) is 2. The summed E-state index contributed by atoms with van der Waals surface area (Å²) in [4.78, 5) is 11.9. The van der Waals surface area contributed by atoms with Crippen molar-refractivity contribution < 1.29 is 14.3 Å². The molecule has 1 heterocycles. The standard InChI is InChI=1S/C15H16O3/c1-3-14(12-7-5-4-6-8-12)11(2)15(16)18-10-13-9-17-13/h3-8,13H,1,9-10H2,2H3. The molecule has 2 rings (SSSR count). The Morgan fingerprint density at radius 2 is 2.17 bits per heavy atom. The van der Waals surface area contributed by atoms with Crippen LogP contribution in [-0.4, -0.2) is 25.3 Å². The Labute approximate surface area is 107 Å². The first-order chi connectivity index (χ1) is 8.72. The highest BCUT2D eigenvalue weighted by Gasteiger charge is 2.24. The van der Waals surface area contributed by atoms with Gasteiger partial charge in [-0.05, 0) is 18.1 Å². The van der Waals surface area contributed by atoms with E-state index in [1.54, 1.807) is 13.0 Å². The van der Waals surface area contributed by atoms with E-state index in [9.17, 15) is 4.79 Å². The molecule has 0 spiro atoms. The van der Waals surface area contributed by atoms with E-state index in [-0.39, 0.29) is 12.1 Å². The highest BCUT2D eigenvalue weighted by Crippen LogP contribution is 2.21. The number of hydrogen-bond donors (Lipinski definition) is 0. The van der Waals surface area contributed by atoms with E-state index < -0.39 is 0 Å². The molecule has 1 aromatic rings. The first-order valence-electron chi connectivity index (χ1n) is 5.90. The normalized spacial score (nSPS) is 18.8. The van der Waals surface area contributed by atoms with Gasteiger partial charge >= 0.3 is 5.97 Å². The Morgan fingerprint density at radius 3 is 2.72 bits per heavy atom. The zero-order valence-electron chi connectivity index (χ0n) is 10.4. The minimum Gasteiger partial charge on any atom is -0.459 e. The molecule has 18 heavy (non-hydrogen) atoms. The highest BCUT2D eigenvalue weighted by molar-refractivity contribution is 5.99.